The number of benzene rings is 2. The number of para-hydroxylation sites is 1. The average Bonchev–Trinajstić information content (AvgIpc) is 2.71. The number of carbonyl (C=O) groups is 2. The molecular formula is C22H27NO5S. The normalized spacial score (nSPS) is 12.2. The lowest BCUT2D eigenvalue weighted by molar-refractivity contribution is -0.146. The molecule has 1 amide bonds. The van der Waals surface area contributed by atoms with Gasteiger partial charge in [-0.25, -0.2) is 8.42 Å². The zero-order valence-electron chi connectivity index (χ0n) is 17.0. The Morgan fingerprint density at radius 3 is 2.38 bits per heavy atom. The van der Waals surface area contributed by atoms with Crippen LogP contribution in [0.4, 0.5) is 5.69 Å². The highest BCUT2D eigenvalue weighted by Gasteiger charge is 2.18. The van der Waals surface area contributed by atoms with Gasteiger partial charge in [-0.2, -0.15) is 0 Å². The molecule has 6 nitrogen and oxygen atoms in total. The summed E-state index contributed by atoms with van der Waals surface area (Å²) in [6, 6.07) is 13.9. The Morgan fingerprint density at radius 2 is 1.72 bits per heavy atom. The van der Waals surface area contributed by atoms with Gasteiger partial charge < -0.3 is 10.1 Å². The van der Waals surface area contributed by atoms with Crippen LogP contribution in [0.5, 0.6) is 0 Å². The van der Waals surface area contributed by atoms with Crippen molar-refractivity contribution in [3.8, 4) is 0 Å². The van der Waals surface area contributed by atoms with Gasteiger partial charge in [-0.15, -0.1) is 0 Å². The van der Waals surface area contributed by atoms with Crippen LogP contribution in [0.3, 0.4) is 0 Å². The Labute approximate surface area is 172 Å². The number of aryl methyl sites for hydroxylation is 1. The standard InChI is InChI=1S/C22H27NO5S/c1-4-17(3)19-7-5-6-8-20(19)23-21(24)15-28-22(25)13-14-29(26,27)18-11-9-16(2)10-12-18/h5-12,17H,4,13-15H2,1-3H3,(H,23,24)/t17-/m1/s1. The van der Waals surface area contributed by atoms with Gasteiger partial charge in [0.2, 0.25) is 0 Å². The molecule has 0 saturated carbocycles. The first-order valence-corrected chi connectivity index (χ1v) is 11.2. The summed E-state index contributed by atoms with van der Waals surface area (Å²) in [5, 5.41) is 2.75. The minimum Gasteiger partial charge on any atom is -0.456 e. The summed E-state index contributed by atoms with van der Waals surface area (Å²) in [6.07, 6.45) is 0.615. The first-order chi connectivity index (χ1) is 13.7. The largest absolute Gasteiger partial charge is 0.456 e. The molecule has 7 heteroatoms. The number of sulfone groups is 1. The van der Waals surface area contributed by atoms with Gasteiger partial charge in [0.1, 0.15) is 0 Å². The summed E-state index contributed by atoms with van der Waals surface area (Å²) in [5.41, 5.74) is 2.65. The number of esters is 1. The molecule has 0 saturated heterocycles. The van der Waals surface area contributed by atoms with Crippen molar-refractivity contribution in [1.82, 2.24) is 0 Å². The van der Waals surface area contributed by atoms with E-state index in [4.69, 9.17) is 4.74 Å². The zero-order chi connectivity index (χ0) is 21.4. The van der Waals surface area contributed by atoms with Crippen LogP contribution < -0.4 is 5.32 Å². The lowest BCUT2D eigenvalue weighted by Gasteiger charge is -2.15. The maximum absolute atomic E-state index is 12.3. The molecule has 0 aliphatic rings. The van der Waals surface area contributed by atoms with E-state index in [0.29, 0.717) is 5.69 Å². The summed E-state index contributed by atoms with van der Waals surface area (Å²) < 4.78 is 29.5. The van der Waals surface area contributed by atoms with Crippen LogP contribution in [0.2, 0.25) is 0 Å². The van der Waals surface area contributed by atoms with E-state index in [2.05, 4.69) is 19.2 Å². The second-order valence-electron chi connectivity index (χ2n) is 6.99. The summed E-state index contributed by atoms with van der Waals surface area (Å²) in [5.74, 6) is -1.28. The van der Waals surface area contributed by atoms with Crippen molar-refractivity contribution >= 4 is 27.4 Å². The molecule has 0 aromatic heterocycles. The van der Waals surface area contributed by atoms with E-state index in [1.54, 1.807) is 18.2 Å². The Kier molecular flexibility index (Phi) is 7.96. The number of amides is 1. The third-order valence-corrected chi connectivity index (χ3v) is 6.43. The maximum atomic E-state index is 12.3. The number of anilines is 1. The van der Waals surface area contributed by atoms with Gasteiger partial charge in [-0.05, 0) is 43.0 Å². The predicted molar refractivity (Wildman–Crippen MR) is 113 cm³/mol. The van der Waals surface area contributed by atoms with Crippen molar-refractivity contribution in [1.29, 1.82) is 0 Å². The first-order valence-electron chi connectivity index (χ1n) is 9.56. The smallest absolute Gasteiger partial charge is 0.307 e. The fourth-order valence-corrected chi connectivity index (χ4v) is 3.97. The van der Waals surface area contributed by atoms with Gasteiger partial charge in [0.15, 0.2) is 16.4 Å². The first kappa shape index (κ1) is 22.6. The maximum Gasteiger partial charge on any atom is 0.307 e. The van der Waals surface area contributed by atoms with Crippen molar-refractivity contribution in [2.75, 3.05) is 17.7 Å². The number of ether oxygens (including phenoxy) is 1. The summed E-state index contributed by atoms with van der Waals surface area (Å²) in [7, 11) is -3.58. The van der Waals surface area contributed by atoms with Crippen LogP contribution in [0.1, 0.15) is 43.7 Å². The van der Waals surface area contributed by atoms with Crippen LogP contribution in [-0.2, 0) is 24.2 Å². The Hall–Kier alpha value is -2.67. The zero-order valence-corrected chi connectivity index (χ0v) is 17.8. The highest BCUT2D eigenvalue weighted by Crippen LogP contribution is 2.26. The number of nitrogens with one attached hydrogen (secondary N) is 1. The summed E-state index contributed by atoms with van der Waals surface area (Å²) in [6.45, 7) is 5.54. The lowest BCUT2D eigenvalue weighted by Crippen LogP contribution is -2.22. The number of hydrogen-bond acceptors (Lipinski definition) is 5. The van der Waals surface area contributed by atoms with Gasteiger partial charge in [0.05, 0.1) is 17.1 Å². The highest BCUT2D eigenvalue weighted by molar-refractivity contribution is 7.91. The van der Waals surface area contributed by atoms with E-state index < -0.39 is 28.3 Å². The second kappa shape index (κ2) is 10.2. The van der Waals surface area contributed by atoms with Gasteiger partial charge in [0, 0.05) is 5.69 Å². The molecule has 0 aliphatic heterocycles. The van der Waals surface area contributed by atoms with E-state index in [1.165, 1.54) is 12.1 Å². The molecule has 0 radical (unpaired) electrons. The molecule has 2 aromatic rings. The molecule has 2 aromatic carbocycles. The fraction of sp³-hybridized carbons (Fsp3) is 0.364. The predicted octanol–water partition coefficient (Wildman–Crippen LogP) is 3.85. The topological polar surface area (TPSA) is 89.5 Å². The molecule has 29 heavy (non-hydrogen) atoms. The lowest BCUT2D eigenvalue weighted by atomic mass is 9.97. The van der Waals surface area contributed by atoms with Crippen molar-refractivity contribution in [3.05, 3.63) is 59.7 Å². The van der Waals surface area contributed by atoms with Gasteiger partial charge in [-0.3, -0.25) is 9.59 Å². The van der Waals surface area contributed by atoms with E-state index in [9.17, 15) is 18.0 Å². The van der Waals surface area contributed by atoms with Crippen molar-refractivity contribution in [2.24, 2.45) is 0 Å². The van der Waals surface area contributed by atoms with E-state index in [0.717, 1.165) is 17.5 Å². The van der Waals surface area contributed by atoms with Gasteiger partial charge >= 0.3 is 5.97 Å². The molecule has 156 valence electrons. The highest BCUT2D eigenvalue weighted by atomic mass is 32.2. The van der Waals surface area contributed by atoms with Crippen LogP contribution in [-0.4, -0.2) is 32.7 Å². The number of hydrogen-bond donors (Lipinski definition) is 1. The third kappa shape index (κ3) is 6.71. The monoisotopic (exact) mass is 417 g/mol. The van der Waals surface area contributed by atoms with Crippen LogP contribution in [0, 0.1) is 6.92 Å². The molecule has 0 bridgehead atoms. The van der Waals surface area contributed by atoms with Crippen molar-refractivity contribution in [2.45, 2.75) is 44.4 Å². The quantitative estimate of drug-likeness (QED) is 0.626. The molecule has 0 heterocycles. The van der Waals surface area contributed by atoms with E-state index in [-0.39, 0.29) is 23.0 Å². The summed E-state index contributed by atoms with van der Waals surface area (Å²) >= 11 is 0. The molecule has 0 fully saturated rings. The minimum atomic E-state index is -3.58. The van der Waals surface area contributed by atoms with Gasteiger partial charge in [0.25, 0.3) is 5.91 Å². The van der Waals surface area contributed by atoms with Crippen molar-refractivity contribution in [3.63, 3.8) is 0 Å². The Balaban J connectivity index is 1.85. The molecule has 0 spiro atoms. The fourth-order valence-electron chi connectivity index (χ4n) is 2.75. The molecule has 2 rings (SSSR count). The van der Waals surface area contributed by atoms with E-state index >= 15 is 0 Å². The van der Waals surface area contributed by atoms with Crippen LogP contribution in [0.15, 0.2) is 53.4 Å². The Bertz CT molecular complexity index is 951. The molecular weight excluding hydrogens is 390 g/mol. The van der Waals surface area contributed by atoms with Gasteiger partial charge in [-0.1, -0.05) is 49.7 Å². The van der Waals surface area contributed by atoms with Crippen LogP contribution in [0.25, 0.3) is 0 Å². The Morgan fingerprint density at radius 1 is 1.07 bits per heavy atom. The molecule has 0 unspecified atom stereocenters. The SMILES string of the molecule is CC[C@@H](C)c1ccccc1NC(=O)COC(=O)CCS(=O)(=O)c1ccc(C)cc1. The van der Waals surface area contributed by atoms with Crippen LogP contribution >= 0.6 is 0 Å². The molecule has 1 atom stereocenters. The minimum absolute atomic E-state index is 0.162. The molecule has 0 aliphatic carbocycles. The second-order valence-corrected chi connectivity index (χ2v) is 9.10. The molecule has 1 N–H and O–H groups in total. The average molecular weight is 418 g/mol. The number of carbonyl (C=O) groups excluding carboxylic acids is 2. The van der Waals surface area contributed by atoms with Crippen molar-refractivity contribution < 1.29 is 22.7 Å². The summed E-state index contributed by atoms with van der Waals surface area (Å²) in [4.78, 5) is 24.2. The third-order valence-electron chi connectivity index (χ3n) is 4.70. The number of rotatable bonds is 9. The van der Waals surface area contributed by atoms with E-state index in [1.807, 2.05) is 25.1 Å².